The van der Waals surface area contributed by atoms with Crippen LogP contribution in [-0.4, -0.2) is 55.4 Å². The molecule has 27 heavy (non-hydrogen) atoms. The molecule has 2 aliphatic rings. The second-order valence-corrected chi connectivity index (χ2v) is 9.46. The molecule has 148 valence electrons. The van der Waals surface area contributed by atoms with Crippen molar-refractivity contribution in [3.8, 4) is 0 Å². The maximum absolute atomic E-state index is 12.9. The van der Waals surface area contributed by atoms with Crippen molar-refractivity contribution in [3.05, 3.63) is 35.6 Å². The number of hydrogen-bond donors (Lipinski definition) is 0. The van der Waals surface area contributed by atoms with Gasteiger partial charge in [0.1, 0.15) is 5.82 Å². The number of hydrogen-bond acceptors (Lipinski definition) is 5. The van der Waals surface area contributed by atoms with Gasteiger partial charge in [-0.15, -0.1) is 0 Å². The predicted molar refractivity (Wildman–Crippen MR) is 97.5 cm³/mol. The molecule has 1 amide bonds. The van der Waals surface area contributed by atoms with E-state index in [9.17, 15) is 22.4 Å². The van der Waals surface area contributed by atoms with Crippen molar-refractivity contribution in [2.75, 3.05) is 18.1 Å². The van der Waals surface area contributed by atoms with Crippen molar-refractivity contribution in [1.29, 1.82) is 0 Å². The summed E-state index contributed by atoms with van der Waals surface area (Å²) in [6, 6.07) is 4.53. The monoisotopic (exact) mass is 397 g/mol. The van der Waals surface area contributed by atoms with Crippen LogP contribution in [0.4, 0.5) is 4.39 Å². The number of esters is 1. The van der Waals surface area contributed by atoms with Crippen LogP contribution in [0.5, 0.6) is 0 Å². The lowest BCUT2D eigenvalue weighted by Gasteiger charge is -2.38. The molecule has 1 heterocycles. The van der Waals surface area contributed by atoms with Crippen molar-refractivity contribution in [1.82, 2.24) is 4.90 Å². The van der Waals surface area contributed by atoms with Crippen molar-refractivity contribution in [2.45, 2.75) is 50.6 Å². The Hall–Kier alpha value is -1.96. The minimum atomic E-state index is -3.13. The largest absolute Gasteiger partial charge is 0.452 e. The van der Waals surface area contributed by atoms with Crippen molar-refractivity contribution in [3.63, 3.8) is 0 Å². The van der Waals surface area contributed by atoms with Gasteiger partial charge in [0.15, 0.2) is 16.4 Å². The molecule has 3 rings (SSSR count). The maximum Gasteiger partial charge on any atom is 0.338 e. The van der Waals surface area contributed by atoms with Gasteiger partial charge in [-0.3, -0.25) is 4.79 Å². The van der Waals surface area contributed by atoms with E-state index in [1.807, 2.05) is 0 Å². The van der Waals surface area contributed by atoms with Crippen LogP contribution >= 0.6 is 0 Å². The minimum absolute atomic E-state index is 0.00549. The van der Waals surface area contributed by atoms with E-state index in [4.69, 9.17) is 4.74 Å². The summed E-state index contributed by atoms with van der Waals surface area (Å²) >= 11 is 0. The first-order chi connectivity index (χ1) is 12.9. The molecule has 1 saturated heterocycles. The van der Waals surface area contributed by atoms with E-state index in [0.717, 1.165) is 44.2 Å². The zero-order valence-electron chi connectivity index (χ0n) is 15.1. The van der Waals surface area contributed by atoms with Crippen molar-refractivity contribution >= 4 is 21.7 Å². The van der Waals surface area contributed by atoms with Crippen LogP contribution in [0.3, 0.4) is 0 Å². The van der Waals surface area contributed by atoms with Crippen LogP contribution < -0.4 is 0 Å². The Kier molecular flexibility index (Phi) is 6.14. The van der Waals surface area contributed by atoms with Crippen LogP contribution in [0.15, 0.2) is 24.3 Å². The molecule has 0 bridgehead atoms. The van der Waals surface area contributed by atoms with Crippen LogP contribution in [0.2, 0.25) is 0 Å². The molecule has 2 fully saturated rings. The van der Waals surface area contributed by atoms with E-state index >= 15 is 0 Å². The number of nitrogens with zero attached hydrogens (tertiary/aromatic N) is 1. The SMILES string of the molecule is O=C(OCC(=O)N(C1CCCCC1)C1CCS(=O)(=O)C1)c1ccc(F)cc1. The Bertz CT molecular complexity index is 787. The minimum Gasteiger partial charge on any atom is -0.452 e. The second-order valence-electron chi connectivity index (χ2n) is 7.23. The van der Waals surface area contributed by atoms with Gasteiger partial charge < -0.3 is 9.64 Å². The number of ether oxygens (including phenoxy) is 1. The van der Waals surface area contributed by atoms with Crippen molar-refractivity contribution in [2.24, 2.45) is 0 Å². The third kappa shape index (κ3) is 5.06. The number of halogens is 1. The molecule has 1 unspecified atom stereocenters. The smallest absolute Gasteiger partial charge is 0.338 e. The summed E-state index contributed by atoms with van der Waals surface area (Å²) in [5.74, 6) is -1.47. The van der Waals surface area contributed by atoms with E-state index in [0.29, 0.717) is 6.42 Å². The van der Waals surface area contributed by atoms with E-state index < -0.39 is 28.2 Å². The molecule has 1 aliphatic heterocycles. The molecule has 6 nitrogen and oxygen atoms in total. The highest BCUT2D eigenvalue weighted by Crippen LogP contribution is 2.28. The summed E-state index contributed by atoms with van der Waals surface area (Å²) in [5, 5.41) is 0. The molecule has 0 aromatic heterocycles. The van der Waals surface area contributed by atoms with Crippen molar-refractivity contribution < 1.29 is 27.1 Å². The van der Waals surface area contributed by atoms with Gasteiger partial charge in [0.25, 0.3) is 5.91 Å². The molecular formula is C19H24FNO5S. The van der Waals surface area contributed by atoms with Gasteiger partial charge in [-0.1, -0.05) is 19.3 Å². The Morgan fingerprint density at radius 3 is 2.30 bits per heavy atom. The number of benzene rings is 1. The van der Waals surface area contributed by atoms with E-state index in [2.05, 4.69) is 0 Å². The summed E-state index contributed by atoms with van der Waals surface area (Å²) in [4.78, 5) is 26.6. The molecule has 0 spiro atoms. The van der Waals surface area contributed by atoms with Gasteiger partial charge in [0, 0.05) is 12.1 Å². The fourth-order valence-electron chi connectivity index (χ4n) is 3.93. The topological polar surface area (TPSA) is 80.8 Å². The summed E-state index contributed by atoms with van der Waals surface area (Å²) in [6.45, 7) is -0.441. The highest BCUT2D eigenvalue weighted by atomic mass is 32.2. The Labute approximate surface area is 158 Å². The molecule has 0 N–H and O–H groups in total. The van der Waals surface area contributed by atoms with Gasteiger partial charge in [0.05, 0.1) is 17.1 Å². The normalized spacial score (nSPS) is 22.3. The summed E-state index contributed by atoms with van der Waals surface area (Å²) < 4.78 is 41.8. The highest BCUT2D eigenvalue weighted by molar-refractivity contribution is 7.91. The average Bonchev–Trinajstić information content (AvgIpc) is 3.00. The Balaban J connectivity index is 1.67. The third-order valence-corrected chi connectivity index (χ3v) is 7.01. The summed E-state index contributed by atoms with van der Waals surface area (Å²) in [5.41, 5.74) is 0.164. The highest BCUT2D eigenvalue weighted by Gasteiger charge is 2.38. The Morgan fingerprint density at radius 2 is 1.70 bits per heavy atom. The first-order valence-corrected chi connectivity index (χ1v) is 11.1. The average molecular weight is 397 g/mol. The maximum atomic E-state index is 12.9. The molecular weight excluding hydrogens is 373 g/mol. The molecule has 1 saturated carbocycles. The van der Waals surface area contributed by atoms with Gasteiger partial charge in [-0.05, 0) is 43.5 Å². The van der Waals surface area contributed by atoms with Gasteiger partial charge in [-0.25, -0.2) is 17.6 Å². The lowest BCUT2D eigenvalue weighted by Crippen LogP contribution is -2.50. The fourth-order valence-corrected chi connectivity index (χ4v) is 5.64. The molecule has 1 aromatic rings. The van der Waals surface area contributed by atoms with Crippen LogP contribution in [0.25, 0.3) is 0 Å². The second kappa shape index (κ2) is 8.37. The van der Waals surface area contributed by atoms with E-state index in [1.165, 1.54) is 12.1 Å². The van der Waals surface area contributed by atoms with Crippen LogP contribution in [-0.2, 0) is 19.4 Å². The van der Waals surface area contributed by atoms with Crippen LogP contribution in [0.1, 0.15) is 48.9 Å². The lowest BCUT2D eigenvalue weighted by molar-refractivity contribution is -0.140. The number of sulfone groups is 1. The number of carbonyl (C=O) groups is 2. The van der Waals surface area contributed by atoms with Gasteiger partial charge >= 0.3 is 5.97 Å². The van der Waals surface area contributed by atoms with Gasteiger partial charge in [0.2, 0.25) is 0 Å². The molecule has 0 radical (unpaired) electrons. The standard InChI is InChI=1S/C19H24FNO5S/c20-15-8-6-14(7-9-15)19(23)26-12-18(22)21(16-4-2-1-3-5-16)17-10-11-27(24,25)13-17/h6-9,16-17H,1-5,10-13H2. The molecule has 1 aliphatic carbocycles. The quantitative estimate of drug-likeness (QED) is 0.713. The molecule has 8 heteroatoms. The third-order valence-electron chi connectivity index (χ3n) is 5.26. The van der Waals surface area contributed by atoms with Crippen LogP contribution in [0, 0.1) is 5.82 Å². The molecule has 1 aromatic carbocycles. The number of rotatable bonds is 5. The van der Waals surface area contributed by atoms with E-state index in [1.54, 1.807) is 4.90 Å². The molecule has 1 atom stereocenters. The first-order valence-electron chi connectivity index (χ1n) is 9.30. The fraction of sp³-hybridized carbons (Fsp3) is 0.579. The zero-order chi connectivity index (χ0) is 19.4. The summed E-state index contributed by atoms with van der Waals surface area (Å²) in [7, 11) is -3.13. The zero-order valence-corrected chi connectivity index (χ0v) is 15.9. The number of amides is 1. The summed E-state index contributed by atoms with van der Waals surface area (Å²) in [6.07, 6.45) is 5.23. The lowest BCUT2D eigenvalue weighted by atomic mass is 9.93. The first kappa shape index (κ1) is 19.8. The van der Waals surface area contributed by atoms with E-state index in [-0.39, 0.29) is 35.1 Å². The van der Waals surface area contributed by atoms with Gasteiger partial charge in [-0.2, -0.15) is 0 Å². The predicted octanol–water partition coefficient (Wildman–Crippen LogP) is 2.33. The number of carbonyl (C=O) groups excluding carboxylic acids is 2. The Morgan fingerprint density at radius 1 is 1.04 bits per heavy atom.